The Morgan fingerprint density at radius 1 is 1.50 bits per heavy atom. The summed E-state index contributed by atoms with van der Waals surface area (Å²) in [7, 11) is 0. The van der Waals surface area contributed by atoms with E-state index in [-0.39, 0.29) is 11.5 Å². The summed E-state index contributed by atoms with van der Waals surface area (Å²) in [6, 6.07) is 8.98. The molecule has 0 atom stereocenters. The van der Waals surface area contributed by atoms with Crippen molar-refractivity contribution in [2.75, 3.05) is 6.54 Å². The molecule has 0 heterocycles. The molecule has 94 valence electrons. The topological polar surface area (TPSA) is 52.9 Å². The van der Waals surface area contributed by atoms with Crippen LogP contribution in [0.15, 0.2) is 29.8 Å². The second-order valence-corrected chi connectivity index (χ2v) is 4.21. The largest absolute Gasteiger partial charge is 0.351 e. The number of rotatable bonds is 5. The van der Waals surface area contributed by atoms with Gasteiger partial charge in [0.2, 0.25) is 0 Å². The maximum atomic E-state index is 11.7. The number of halogens is 1. The van der Waals surface area contributed by atoms with Crippen LogP contribution in [-0.4, -0.2) is 12.5 Å². The Balaban J connectivity index is 2.81. The molecule has 0 aromatic heterocycles. The summed E-state index contributed by atoms with van der Waals surface area (Å²) >= 11 is 5.97. The van der Waals surface area contributed by atoms with Crippen molar-refractivity contribution in [3.8, 4) is 6.07 Å². The van der Waals surface area contributed by atoms with E-state index in [4.69, 9.17) is 16.9 Å². The zero-order valence-corrected chi connectivity index (χ0v) is 11.0. The molecule has 3 nitrogen and oxygen atoms in total. The van der Waals surface area contributed by atoms with Gasteiger partial charge in [-0.25, -0.2) is 0 Å². The second-order valence-electron chi connectivity index (χ2n) is 3.80. The summed E-state index contributed by atoms with van der Waals surface area (Å²) < 4.78 is 0. The first-order valence-corrected chi connectivity index (χ1v) is 6.21. The molecule has 0 fully saturated rings. The number of carbonyl (C=O) groups excluding carboxylic acids is 1. The van der Waals surface area contributed by atoms with Gasteiger partial charge < -0.3 is 5.32 Å². The molecule has 1 N–H and O–H groups in total. The standard InChI is InChI=1S/C14H15ClN2O/c1-2-3-8-17-14(18)12(10-16)9-11-6-4-5-7-13(11)15/h4-7,9H,2-3,8H2,1H3,(H,17,18)/b12-9-. The Bertz CT molecular complexity index is 489. The molecule has 0 aliphatic heterocycles. The molecule has 4 heteroatoms. The highest BCUT2D eigenvalue weighted by atomic mass is 35.5. The van der Waals surface area contributed by atoms with Crippen molar-refractivity contribution in [1.82, 2.24) is 5.32 Å². The molecule has 1 aromatic rings. The molecule has 0 aliphatic rings. The van der Waals surface area contributed by atoms with Crippen LogP contribution < -0.4 is 5.32 Å². The first-order valence-electron chi connectivity index (χ1n) is 5.83. The smallest absolute Gasteiger partial charge is 0.261 e. The first kappa shape index (κ1) is 14.3. The van der Waals surface area contributed by atoms with E-state index in [1.165, 1.54) is 6.08 Å². The zero-order valence-electron chi connectivity index (χ0n) is 10.2. The van der Waals surface area contributed by atoms with Crippen molar-refractivity contribution < 1.29 is 4.79 Å². The average molecular weight is 263 g/mol. The van der Waals surface area contributed by atoms with Crippen LogP contribution in [0.5, 0.6) is 0 Å². The summed E-state index contributed by atoms with van der Waals surface area (Å²) in [4.78, 5) is 11.7. The zero-order chi connectivity index (χ0) is 13.4. The molecule has 0 radical (unpaired) electrons. The highest BCUT2D eigenvalue weighted by Gasteiger charge is 2.08. The molecule has 0 saturated heterocycles. The van der Waals surface area contributed by atoms with Crippen molar-refractivity contribution in [3.05, 3.63) is 40.4 Å². The van der Waals surface area contributed by atoms with E-state index in [0.717, 1.165) is 12.8 Å². The van der Waals surface area contributed by atoms with Gasteiger partial charge in [-0.05, 0) is 24.1 Å². The van der Waals surface area contributed by atoms with E-state index in [9.17, 15) is 4.79 Å². The summed E-state index contributed by atoms with van der Waals surface area (Å²) in [5, 5.41) is 12.2. The minimum Gasteiger partial charge on any atom is -0.351 e. The lowest BCUT2D eigenvalue weighted by Gasteiger charge is -2.03. The van der Waals surface area contributed by atoms with Gasteiger partial charge >= 0.3 is 0 Å². The maximum Gasteiger partial charge on any atom is 0.261 e. The van der Waals surface area contributed by atoms with Crippen molar-refractivity contribution in [2.45, 2.75) is 19.8 Å². The van der Waals surface area contributed by atoms with E-state index >= 15 is 0 Å². The van der Waals surface area contributed by atoms with Crippen molar-refractivity contribution in [3.63, 3.8) is 0 Å². The number of nitrogens with zero attached hydrogens (tertiary/aromatic N) is 1. The monoisotopic (exact) mass is 262 g/mol. The number of hydrogen-bond donors (Lipinski definition) is 1. The Morgan fingerprint density at radius 2 is 2.22 bits per heavy atom. The molecular formula is C14H15ClN2O. The minimum atomic E-state index is -0.356. The van der Waals surface area contributed by atoms with E-state index in [2.05, 4.69) is 5.32 Å². The van der Waals surface area contributed by atoms with Crippen LogP contribution in [-0.2, 0) is 4.79 Å². The van der Waals surface area contributed by atoms with E-state index < -0.39 is 0 Å². The van der Waals surface area contributed by atoms with Crippen LogP contribution in [0, 0.1) is 11.3 Å². The SMILES string of the molecule is CCCCNC(=O)/C(C#N)=C\c1ccccc1Cl. The van der Waals surface area contributed by atoms with Gasteiger partial charge in [-0.2, -0.15) is 5.26 Å². The molecule has 0 spiro atoms. The fraction of sp³-hybridized carbons (Fsp3) is 0.286. The van der Waals surface area contributed by atoms with Gasteiger partial charge in [0.05, 0.1) is 0 Å². The van der Waals surface area contributed by atoms with Gasteiger partial charge in [0.15, 0.2) is 0 Å². The van der Waals surface area contributed by atoms with Crippen LogP contribution in [0.1, 0.15) is 25.3 Å². The number of nitrogens with one attached hydrogen (secondary N) is 1. The van der Waals surface area contributed by atoms with Gasteiger partial charge in [-0.15, -0.1) is 0 Å². The van der Waals surface area contributed by atoms with Crippen LogP contribution >= 0.6 is 11.6 Å². The third-order valence-electron chi connectivity index (χ3n) is 2.39. The molecule has 1 amide bonds. The highest BCUT2D eigenvalue weighted by Crippen LogP contribution is 2.18. The first-order chi connectivity index (χ1) is 8.69. The Hall–Kier alpha value is -1.79. The fourth-order valence-electron chi connectivity index (χ4n) is 1.37. The number of hydrogen-bond acceptors (Lipinski definition) is 2. The molecule has 1 rings (SSSR count). The third kappa shape index (κ3) is 4.23. The van der Waals surface area contributed by atoms with E-state index in [1.54, 1.807) is 18.2 Å². The van der Waals surface area contributed by atoms with Gasteiger partial charge in [0, 0.05) is 11.6 Å². The third-order valence-corrected chi connectivity index (χ3v) is 2.73. The minimum absolute atomic E-state index is 0.0687. The molecule has 0 bridgehead atoms. The highest BCUT2D eigenvalue weighted by molar-refractivity contribution is 6.32. The molecule has 0 unspecified atom stereocenters. The summed E-state index contributed by atoms with van der Waals surface area (Å²) in [5.41, 5.74) is 0.737. The molecule has 1 aromatic carbocycles. The summed E-state index contributed by atoms with van der Waals surface area (Å²) in [5.74, 6) is -0.356. The average Bonchev–Trinajstić information content (AvgIpc) is 2.38. The number of unbranched alkanes of at least 4 members (excludes halogenated alkanes) is 1. The van der Waals surface area contributed by atoms with Gasteiger partial charge in [-0.1, -0.05) is 43.1 Å². The molecule has 18 heavy (non-hydrogen) atoms. The number of carbonyl (C=O) groups is 1. The normalized spacial score (nSPS) is 10.8. The lowest BCUT2D eigenvalue weighted by molar-refractivity contribution is -0.117. The number of benzene rings is 1. The van der Waals surface area contributed by atoms with E-state index in [1.807, 2.05) is 19.1 Å². The van der Waals surface area contributed by atoms with E-state index in [0.29, 0.717) is 17.1 Å². The van der Waals surface area contributed by atoms with Gasteiger partial charge in [0.1, 0.15) is 11.6 Å². The Kier molecular flexibility index (Phi) is 5.96. The lowest BCUT2D eigenvalue weighted by Crippen LogP contribution is -2.25. The number of amides is 1. The van der Waals surface area contributed by atoms with Crippen LogP contribution in [0.4, 0.5) is 0 Å². The van der Waals surface area contributed by atoms with Crippen molar-refractivity contribution in [1.29, 1.82) is 5.26 Å². The molecule has 0 aliphatic carbocycles. The van der Waals surface area contributed by atoms with Crippen molar-refractivity contribution in [2.24, 2.45) is 0 Å². The van der Waals surface area contributed by atoms with Gasteiger partial charge in [-0.3, -0.25) is 4.79 Å². The lowest BCUT2D eigenvalue weighted by atomic mass is 10.1. The predicted octanol–water partition coefficient (Wildman–Crippen LogP) is 3.16. The van der Waals surface area contributed by atoms with Crippen molar-refractivity contribution >= 4 is 23.6 Å². The molecule has 0 saturated carbocycles. The van der Waals surface area contributed by atoms with Crippen LogP contribution in [0.3, 0.4) is 0 Å². The summed E-state index contributed by atoms with van der Waals surface area (Å²) in [6.45, 7) is 2.62. The van der Waals surface area contributed by atoms with Crippen LogP contribution in [0.25, 0.3) is 6.08 Å². The molecular weight excluding hydrogens is 248 g/mol. The predicted molar refractivity (Wildman–Crippen MR) is 73.0 cm³/mol. The maximum absolute atomic E-state index is 11.7. The quantitative estimate of drug-likeness (QED) is 0.503. The number of nitriles is 1. The second kappa shape index (κ2) is 7.52. The Morgan fingerprint density at radius 3 is 2.83 bits per heavy atom. The van der Waals surface area contributed by atoms with Crippen LogP contribution in [0.2, 0.25) is 5.02 Å². The Labute approximate surface area is 112 Å². The van der Waals surface area contributed by atoms with Gasteiger partial charge in [0.25, 0.3) is 5.91 Å². The fourth-order valence-corrected chi connectivity index (χ4v) is 1.56. The summed E-state index contributed by atoms with van der Waals surface area (Å²) in [6.07, 6.45) is 3.40.